The van der Waals surface area contributed by atoms with Crippen molar-refractivity contribution in [3.63, 3.8) is 0 Å². The molecule has 1 aliphatic heterocycles. The van der Waals surface area contributed by atoms with E-state index in [1.165, 1.54) is 4.90 Å². The third kappa shape index (κ3) is 4.03. The summed E-state index contributed by atoms with van der Waals surface area (Å²) in [6.45, 7) is 0. The van der Waals surface area contributed by atoms with Gasteiger partial charge >= 0.3 is 5.97 Å². The molecule has 1 N–H and O–H groups in total. The quantitative estimate of drug-likeness (QED) is 0.498. The van der Waals surface area contributed by atoms with Gasteiger partial charge in [-0.3, -0.25) is 19.7 Å². The lowest BCUT2D eigenvalue weighted by atomic mass is 10.0. The number of hydrogen-bond donors (Lipinski definition) is 1. The minimum absolute atomic E-state index is 0.182. The maximum atomic E-state index is 13.0. The van der Waals surface area contributed by atoms with Crippen molar-refractivity contribution in [2.24, 2.45) is 0 Å². The summed E-state index contributed by atoms with van der Waals surface area (Å²) in [5.74, 6) is -1.49. The van der Waals surface area contributed by atoms with Gasteiger partial charge in [0.2, 0.25) is 0 Å². The summed E-state index contributed by atoms with van der Waals surface area (Å²) in [5.41, 5.74) is 3.06. The minimum Gasteiger partial charge on any atom is -0.480 e. The van der Waals surface area contributed by atoms with Crippen molar-refractivity contribution in [3.8, 4) is 0 Å². The predicted molar refractivity (Wildman–Crippen MR) is 116 cm³/mol. The Labute approximate surface area is 176 Å². The second-order valence-electron chi connectivity index (χ2n) is 6.40. The number of nitrogens with zero attached hydrogens (tertiary/aromatic N) is 3. The van der Waals surface area contributed by atoms with Gasteiger partial charge in [-0.15, -0.1) is 0 Å². The lowest BCUT2D eigenvalue weighted by Crippen LogP contribution is -2.45. The Morgan fingerprint density at radius 3 is 2.59 bits per heavy atom. The van der Waals surface area contributed by atoms with E-state index >= 15 is 0 Å². The highest BCUT2D eigenvalue weighted by atomic mass is 32.2. The van der Waals surface area contributed by atoms with Crippen molar-refractivity contribution in [1.29, 1.82) is 0 Å². The Morgan fingerprint density at radius 1 is 1.14 bits per heavy atom. The Kier molecular flexibility index (Phi) is 5.37. The van der Waals surface area contributed by atoms with E-state index in [2.05, 4.69) is 9.97 Å². The number of amides is 1. The maximum Gasteiger partial charge on any atom is 0.327 e. The standard InChI is InChI=1S/C21H15N3O3S2/c25-19-18(12-14-6-7-15-16(10-14)23-9-8-22-15)29-21(28)24(19)17(20(26)27)11-13-4-2-1-3-5-13/h1-10,12,17H,11H2,(H,26,27). The first-order chi connectivity index (χ1) is 14.0. The van der Waals surface area contributed by atoms with Gasteiger partial charge in [-0.05, 0) is 29.3 Å². The topological polar surface area (TPSA) is 83.4 Å². The summed E-state index contributed by atoms with van der Waals surface area (Å²) in [4.78, 5) is 34.9. The number of carboxylic acids is 1. The zero-order chi connectivity index (χ0) is 20.4. The first-order valence-electron chi connectivity index (χ1n) is 8.77. The van der Waals surface area contributed by atoms with E-state index in [9.17, 15) is 14.7 Å². The van der Waals surface area contributed by atoms with E-state index < -0.39 is 17.9 Å². The molecule has 1 aromatic heterocycles. The molecular weight excluding hydrogens is 406 g/mol. The molecule has 0 aliphatic carbocycles. The highest BCUT2D eigenvalue weighted by Gasteiger charge is 2.40. The van der Waals surface area contributed by atoms with Gasteiger partial charge in [0.25, 0.3) is 5.91 Å². The number of carbonyl (C=O) groups excluding carboxylic acids is 1. The van der Waals surface area contributed by atoms with Gasteiger partial charge in [-0.1, -0.05) is 60.4 Å². The third-order valence-electron chi connectivity index (χ3n) is 4.48. The molecule has 0 bridgehead atoms. The Bertz CT molecular complexity index is 1150. The second kappa shape index (κ2) is 8.10. The van der Waals surface area contributed by atoms with Crippen LogP contribution >= 0.6 is 24.0 Å². The molecule has 8 heteroatoms. The van der Waals surface area contributed by atoms with Crippen LogP contribution < -0.4 is 0 Å². The number of carbonyl (C=O) groups is 2. The van der Waals surface area contributed by atoms with Gasteiger partial charge in [0, 0.05) is 18.8 Å². The molecule has 3 aromatic rings. The van der Waals surface area contributed by atoms with Crippen molar-refractivity contribution >= 4 is 57.3 Å². The molecule has 0 spiro atoms. The molecule has 0 saturated carbocycles. The van der Waals surface area contributed by atoms with Gasteiger partial charge in [0.15, 0.2) is 0 Å². The molecule has 2 aromatic carbocycles. The van der Waals surface area contributed by atoms with Crippen LogP contribution in [0.15, 0.2) is 65.8 Å². The van der Waals surface area contributed by atoms with Crippen LogP contribution in [0.25, 0.3) is 17.1 Å². The monoisotopic (exact) mass is 421 g/mol. The van der Waals surface area contributed by atoms with E-state index in [4.69, 9.17) is 12.2 Å². The fourth-order valence-electron chi connectivity index (χ4n) is 3.10. The van der Waals surface area contributed by atoms with Gasteiger partial charge < -0.3 is 5.11 Å². The highest BCUT2D eigenvalue weighted by molar-refractivity contribution is 8.26. The van der Waals surface area contributed by atoms with Crippen LogP contribution in [-0.2, 0) is 16.0 Å². The Balaban J connectivity index is 1.62. The van der Waals surface area contributed by atoms with Crippen LogP contribution in [-0.4, -0.2) is 42.2 Å². The maximum absolute atomic E-state index is 13.0. The molecule has 1 atom stereocenters. The largest absolute Gasteiger partial charge is 0.480 e. The number of hydrogen-bond acceptors (Lipinski definition) is 6. The molecule has 1 amide bonds. The molecule has 1 saturated heterocycles. The average molecular weight is 422 g/mol. The summed E-state index contributed by atoms with van der Waals surface area (Å²) in [7, 11) is 0. The lowest BCUT2D eigenvalue weighted by Gasteiger charge is -2.23. The van der Waals surface area contributed by atoms with Crippen molar-refractivity contribution in [2.45, 2.75) is 12.5 Å². The van der Waals surface area contributed by atoms with E-state index in [0.717, 1.165) is 28.4 Å². The average Bonchev–Trinajstić information content (AvgIpc) is 2.99. The summed E-state index contributed by atoms with van der Waals surface area (Å²) < 4.78 is 0.241. The first-order valence-corrected chi connectivity index (χ1v) is 10.00. The summed E-state index contributed by atoms with van der Waals surface area (Å²) in [6.07, 6.45) is 5.11. The van der Waals surface area contributed by atoms with Crippen LogP contribution in [0.4, 0.5) is 0 Å². The van der Waals surface area contributed by atoms with Crippen LogP contribution in [0.1, 0.15) is 11.1 Å². The SMILES string of the molecule is O=C(O)C(Cc1ccccc1)N1C(=O)C(=Cc2ccc3nccnc3c2)SC1=S. The number of benzene rings is 2. The van der Waals surface area contributed by atoms with Gasteiger partial charge in [-0.25, -0.2) is 4.79 Å². The number of aromatic nitrogens is 2. The highest BCUT2D eigenvalue weighted by Crippen LogP contribution is 2.35. The van der Waals surface area contributed by atoms with E-state index in [1.807, 2.05) is 48.5 Å². The smallest absolute Gasteiger partial charge is 0.327 e. The van der Waals surface area contributed by atoms with E-state index in [0.29, 0.717) is 10.4 Å². The molecule has 144 valence electrons. The molecule has 0 radical (unpaired) electrons. The van der Waals surface area contributed by atoms with Crippen LogP contribution in [0.2, 0.25) is 0 Å². The number of carboxylic acid groups (broad SMARTS) is 1. The normalized spacial score (nSPS) is 16.6. The molecular formula is C21H15N3O3S2. The number of fused-ring (bicyclic) bond motifs is 1. The fourth-order valence-corrected chi connectivity index (χ4v) is 4.45. The van der Waals surface area contributed by atoms with E-state index in [-0.39, 0.29) is 10.7 Å². The lowest BCUT2D eigenvalue weighted by molar-refractivity contribution is -0.145. The summed E-state index contributed by atoms with van der Waals surface area (Å²) in [6, 6.07) is 13.6. The first kappa shape index (κ1) is 19.2. The number of thiocarbonyl (C=S) groups is 1. The molecule has 1 fully saturated rings. The zero-order valence-electron chi connectivity index (χ0n) is 15.1. The molecule has 1 aliphatic rings. The molecule has 4 rings (SSSR count). The fraction of sp³-hybridized carbons (Fsp3) is 0.0952. The molecule has 1 unspecified atom stereocenters. The Morgan fingerprint density at radius 2 is 1.86 bits per heavy atom. The molecule has 2 heterocycles. The number of rotatable bonds is 5. The van der Waals surface area contributed by atoms with Crippen LogP contribution in [0.5, 0.6) is 0 Å². The van der Waals surface area contributed by atoms with E-state index in [1.54, 1.807) is 18.5 Å². The molecule has 6 nitrogen and oxygen atoms in total. The third-order valence-corrected chi connectivity index (χ3v) is 5.81. The van der Waals surface area contributed by atoms with Crippen LogP contribution in [0, 0.1) is 0 Å². The Hall–Kier alpha value is -3.10. The minimum atomic E-state index is -1.09. The summed E-state index contributed by atoms with van der Waals surface area (Å²) in [5, 5.41) is 9.73. The number of thioether (sulfide) groups is 1. The zero-order valence-corrected chi connectivity index (χ0v) is 16.7. The van der Waals surface area contributed by atoms with Crippen molar-refractivity contribution in [2.75, 3.05) is 0 Å². The van der Waals surface area contributed by atoms with Gasteiger partial charge in [-0.2, -0.15) is 0 Å². The van der Waals surface area contributed by atoms with Crippen molar-refractivity contribution < 1.29 is 14.7 Å². The van der Waals surface area contributed by atoms with Crippen molar-refractivity contribution in [3.05, 3.63) is 77.0 Å². The molecule has 29 heavy (non-hydrogen) atoms. The van der Waals surface area contributed by atoms with Crippen LogP contribution in [0.3, 0.4) is 0 Å². The van der Waals surface area contributed by atoms with Gasteiger partial charge in [0.05, 0.1) is 15.9 Å². The second-order valence-corrected chi connectivity index (χ2v) is 8.08. The van der Waals surface area contributed by atoms with Crippen molar-refractivity contribution in [1.82, 2.24) is 14.9 Å². The predicted octanol–water partition coefficient (Wildman–Crippen LogP) is 3.53. The van der Waals surface area contributed by atoms with Gasteiger partial charge in [0.1, 0.15) is 10.4 Å². The number of aliphatic carboxylic acids is 1. The summed E-state index contributed by atoms with van der Waals surface area (Å²) >= 11 is 6.45.